The smallest absolute Gasteiger partial charge is 0.303 e. The Morgan fingerprint density at radius 2 is 1.62 bits per heavy atom. The summed E-state index contributed by atoms with van der Waals surface area (Å²) in [5, 5.41) is 42.7. The van der Waals surface area contributed by atoms with Crippen molar-refractivity contribution in [2.75, 3.05) is 20.2 Å². The van der Waals surface area contributed by atoms with Crippen molar-refractivity contribution in [2.24, 2.45) is 17.8 Å². The summed E-state index contributed by atoms with van der Waals surface area (Å²) in [5.41, 5.74) is -1.31. The van der Waals surface area contributed by atoms with Crippen LogP contribution in [0, 0.1) is 17.8 Å². The fourth-order valence-corrected chi connectivity index (χ4v) is 6.66. The predicted octanol–water partition coefficient (Wildman–Crippen LogP) is 2.76. The molecule has 12 atom stereocenters. The first-order valence-electron chi connectivity index (χ1n) is 14.9. The number of carbonyl (C=O) groups is 1. The lowest BCUT2D eigenvalue weighted by atomic mass is 9.77. The fraction of sp³-hybridized carbons (Fsp3) is 0.966. The molecule has 228 valence electrons. The van der Waals surface area contributed by atoms with Crippen LogP contribution in [0.3, 0.4) is 0 Å². The molecule has 0 aromatic rings. The lowest BCUT2D eigenvalue weighted by Crippen LogP contribution is -2.67. The molecule has 0 amide bonds. The molecule has 5 unspecified atom stereocenters. The van der Waals surface area contributed by atoms with Crippen LogP contribution in [0.25, 0.3) is 0 Å². The summed E-state index contributed by atoms with van der Waals surface area (Å²) >= 11 is 0. The average Bonchev–Trinajstić information content (AvgIpc) is 2.85. The van der Waals surface area contributed by atoms with Gasteiger partial charge in [-0.15, -0.1) is 0 Å². The maximum atomic E-state index is 11.5. The van der Waals surface area contributed by atoms with Crippen molar-refractivity contribution < 1.29 is 44.2 Å². The maximum Gasteiger partial charge on any atom is 0.303 e. The van der Waals surface area contributed by atoms with E-state index in [-0.39, 0.29) is 43.2 Å². The van der Waals surface area contributed by atoms with Gasteiger partial charge in [0.2, 0.25) is 0 Å². The number of rotatable bonds is 12. The molecule has 2 aliphatic heterocycles. The zero-order chi connectivity index (χ0) is 28.9. The molecule has 0 aromatic heterocycles. The summed E-state index contributed by atoms with van der Waals surface area (Å²) in [7, 11) is 1.83. The number of hydrogen-bond acceptors (Lipinski definition) is 9. The van der Waals surface area contributed by atoms with E-state index in [0.29, 0.717) is 13.0 Å². The van der Waals surface area contributed by atoms with Gasteiger partial charge in [0.15, 0.2) is 12.6 Å². The highest BCUT2D eigenvalue weighted by Gasteiger charge is 2.51. The van der Waals surface area contributed by atoms with Crippen molar-refractivity contribution in [3.63, 3.8) is 0 Å². The molecule has 0 aromatic carbocycles. The van der Waals surface area contributed by atoms with Crippen LogP contribution in [0.4, 0.5) is 0 Å². The Morgan fingerprint density at radius 1 is 0.974 bits per heavy atom. The number of carboxylic acids is 1. The molecule has 0 bridgehead atoms. The number of carboxylic acid groups (broad SMARTS) is 1. The molecule has 10 heteroatoms. The number of unbranched alkanes of at least 4 members (excludes halogenated alkanes) is 2. The SMILES string of the molecule is CC[C@@H]1CC[C@@H](C)C(OC2[C@H](O)C(OC3OC[C@](C)(O)C(N(C)CCCCCC(=O)O)[C@H]3O)[C@H](C)C[C@@H]2C)O1. The van der Waals surface area contributed by atoms with Crippen LogP contribution < -0.4 is 0 Å². The Morgan fingerprint density at radius 3 is 2.23 bits per heavy atom. The average molecular weight is 560 g/mol. The van der Waals surface area contributed by atoms with Crippen LogP contribution in [0.2, 0.25) is 0 Å². The summed E-state index contributed by atoms with van der Waals surface area (Å²) in [4.78, 5) is 12.7. The van der Waals surface area contributed by atoms with Crippen LogP contribution in [-0.4, -0.2) is 106 Å². The minimum Gasteiger partial charge on any atom is -0.481 e. The van der Waals surface area contributed by atoms with E-state index in [1.807, 2.05) is 18.9 Å². The lowest BCUT2D eigenvalue weighted by molar-refractivity contribution is -0.323. The summed E-state index contributed by atoms with van der Waals surface area (Å²) in [5.74, 6) is -0.465. The van der Waals surface area contributed by atoms with Gasteiger partial charge in [-0.2, -0.15) is 0 Å². The third kappa shape index (κ3) is 8.35. The van der Waals surface area contributed by atoms with Crippen LogP contribution in [-0.2, 0) is 23.7 Å². The summed E-state index contributed by atoms with van der Waals surface area (Å²) < 4.78 is 24.7. The van der Waals surface area contributed by atoms with E-state index in [4.69, 9.17) is 24.1 Å². The van der Waals surface area contributed by atoms with Crippen LogP contribution in [0.15, 0.2) is 0 Å². The first kappa shape index (κ1) is 32.7. The number of ether oxygens (including phenoxy) is 4. The second-order valence-corrected chi connectivity index (χ2v) is 12.6. The van der Waals surface area contributed by atoms with Gasteiger partial charge in [-0.3, -0.25) is 9.69 Å². The van der Waals surface area contributed by atoms with E-state index < -0.39 is 48.3 Å². The number of aliphatic hydroxyl groups is 3. The van der Waals surface area contributed by atoms with Crippen LogP contribution in [0.1, 0.15) is 86.0 Å². The Balaban J connectivity index is 1.64. The minimum absolute atomic E-state index is 0.00610. The molecule has 3 rings (SSSR count). The Labute approximate surface area is 233 Å². The first-order valence-corrected chi connectivity index (χ1v) is 14.9. The largest absolute Gasteiger partial charge is 0.481 e. The third-order valence-corrected chi connectivity index (χ3v) is 8.97. The van der Waals surface area contributed by atoms with Crippen molar-refractivity contribution in [1.82, 2.24) is 4.90 Å². The summed E-state index contributed by atoms with van der Waals surface area (Å²) in [6.07, 6.45) is 1.56. The van der Waals surface area contributed by atoms with Crippen LogP contribution in [0.5, 0.6) is 0 Å². The van der Waals surface area contributed by atoms with Gasteiger partial charge in [0.25, 0.3) is 0 Å². The number of aliphatic hydroxyl groups excluding tert-OH is 2. The molecule has 2 heterocycles. The normalized spacial score (nSPS) is 43.5. The van der Waals surface area contributed by atoms with Crippen molar-refractivity contribution in [3.05, 3.63) is 0 Å². The number of hydrogen-bond donors (Lipinski definition) is 4. The van der Waals surface area contributed by atoms with E-state index in [2.05, 4.69) is 20.8 Å². The van der Waals surface area contributed by atoms with Gasteiger partial charge in [-0.25, -0.2) is 0 Å². The molecule has 2 saturated heterocycles. The Hall–Kier alpha value is -0.850. The van der Waals surface area contributed by atoms with E-state index in [0.717, 1.165) is 38.5 Å². The van der Waals surface area contributed by atoms with Gasteiger partial charge < -0.3 is 39.4 Å². The Kier molecular flexibility index (Phi) is 12.0. The molecule has 1 aliphatic carbocycles. The first-order chi connectivity index (χ1) is 18.4. The number of likely N-dealkylation sites (N-methyl/N-ethyl adjacent to an activating group) is 1. The highest BCUT2D eigenvalue weighted by atomic mass is 16.7. The van der Waals surface area contributed by atoms with Gasteiger partial charge >= 0.3 is 5.97 Å². The predicted molar refractivity (Wildman–Crippen MR) is 145 cm³/mol. The molecular weight excluding hydrogens is 506 g/mol. The standard InChI is InChI=1S/C29H53NO9/c1-7-20-13-12-17(2)27(37-20)38-24-18(3)15-19(4)25(22(24)33)39-28-23(34)26(29(5,35)16-36-28)30(6)14-10-8-9-11-21(31)32/h17-20,22-28,33-35H,7-16H2,1-6H3,(H,31,32)/t17-,18+,19-,20-,22+,23-,24?,25?,26?,27?,28?,29+/m1/s1. The van der Waals surface area contributed by atoms with Gasteiger partial charge in [0.1, 0.15) is 17.8 Å². The van der Waals surface area contributed by atoms with Gasteiger partial charge in [0.05, 0.1) is 31.0 Å². The molecule has 39 heavy (non-hydrogen) atoms. The topological polar surface area (TPSA) is 138 Å². The van der Waals surface area contributed by atoms with E-state index in [1.165, 1.54) is 0 Å². The summed E-state index contributed by atoms with van der Waals surface area (Å²) in [6, 6.07) is -0.653. The molecular formula is C29H53NO9. The lowest BCUT2D eigenvalue weighted by Gasteiger charge is -2.50. The van der Waals surface area contributed by atoms with Crippen molar-refractivity contribution in [1.29, 1.82) is 0 Å². The zero-order valence-corrected chi connectivity index (χ0v) is 24.7. The maximum absolute atomic E-state index is 11.5. The monoisotopic (exact) mass is 559 g/mol. The highest BCUT2D eigenvalue weighted by Crippen LogP contribution is 2.39. The number of nitrogens with zero attached hydrogens (tertiary/aromatic N) is 1. The second-order valence-electron chi connectivity index (χ2n) is 12.6. The molecule has 3 fully saturated rings. The minimum atomic E-state index is -1.31. The van der Waals surface area contributed by atoms with Crippen molar-refractivity contribution in [2.45, 2.75) is 141 Å². The number of aliphatic carboxylic acids is 1. The second kappa shape index (κ2) is 14.4. The van der Waals surface area contributed by atoms with Crippen LogP contribution >= 0.6 is 0 Å². The van der Waals surface area contributed by atoms with Crippen molar-refractivity contribution >= 4 is 5.97 Å². The molecule has 0 spiro atoms. The molecule has 0 radical (unpaired) electrons. The van der Waals surface area contributed by atoms with E-state index >= 15 is 0 Å². The van der Waals surface area contributed by atoms with Gasteiger partial charge in [-0.1, -0.05) is 34.1 Å². The molecule has 3 aliphatic rings. The quantitative estimate of drug-likeness (QED) is 0.264. The summed E-state index contributed by atoms with van der Waals surface area (Å²) in [6.45, 7) is 10.5. The van der Waals surface area contributed by atoms with Gasteiger partial charge in [0, 0.05) is 12.3 Å². The Bertz CT molecular complexity index is 767. The molecule has 10 nitrogen and oxygen atoms in total. The highest BCUT2D eigenvalue weighted by molar-refractivity contribution is 5.66. The fourth-order valence-electron chi connectivity index (χ4n) is 6.66. The van der Waals surface area contributed by atoms with Crippen molar-refractivity contribution in [3.8, 4) is 0 Å². The zero-order valence-electron chi connectivity index (χ0n) is 24.7. The molecule has 4 N–H and O–H groups in total. The molecule has 1 saturated carbocycles. The van der Waals surface area contributed by atoms with E-state index in [9.17, 15) is 20.1 Å². The van der Waals surface area contributed by atoms with E-state index in [1.54, 1.807) is 6.92 Å². The third-order valence-electron chi connectivity index (χ3n) is 8.97. The van der Waals surface area contributed by atoms with Gasteiger partial charge in [-0.05, 0) is 70.9 Å².